The van der Waals surface area contributed by atoms with Gasteiger partial charge in [0.15, 0.2) is 5.76 Å². The van der Waals surface area contributed by atoms with Crippen LogP contribution in [0.4, 0.5) is 18.9 Å². The number of nitrogens with one attached hydrogen (secondary N) is 2. The molecule has 2 N–H and O–H groups in total. The van der Waals surface area contributed by atoms with Crippen molar-refractivity contribution in [2.24, 2.45) is 5.10 Å². The lowest BCUT2D eigenvalue weighted by molar-refractivity contribution is -0.136. The summed E-state index contributed by atoms with van der Waals surface area (Å²) in [5, 5.41) is 6.53. The number of nitrogens with zero attached hydrogens (tertiary/aromatic N) is 2. The van der Waals surface area contributed by atoms with Gasteiger partial charge in [0.05, 0.1) is 22.5 Å². The minimum absolute atomic E-state index is 0.0981. The smallest absolute Gasteiger partial charge is 0.418 e. The molecule has 0 bridgehead atoms. The van der Waals surface area contributed by atoms with E-state index in [1.165, 1.54) is 24.4 Å². The van der Waals surface area contributed by atoms with E-state index >= 15 is 0 Å². The molecule has 1 aromatic carbocycles. The fraction of sp³-hybridized carbons (Fsp3) is 0.217. The summed E-state index contributed by atoms with van der Waals surface area (Å²) in [6, 6.07) is 6.32. The van der Waals surface area contributed by atoms with E-state index in [2.05, 4.69) is 36.8 Å². The Bertz CT molecular complexity index is 1300. The Morgan fingerprint density at radius 3 is 2.65 bits per heavy atom. The average Bonchev–Trinajstić information content (AvgIpc) is 3.14. The second-order valence-electron chi connectivity index (χ2n) is 7.60. The van der Waals surface area contributed by atoms with E-state index in [9.17, 15) is 22.8 Å². The highest BCUT2D eigenvalue weighted by Crippen LogP contribution is 2.35. The first-order valence-electron chi connectivity index (χ1n) is 10.2. The summed E-state index contributed by atoms with van der Waals surface area (Å²) < 4.78 is 46.2. The summed E-state index contributed by atoms with van der Waals surface area (Å²) >= 11 is 3.25. The van der Waals surface area contributed by atoms with Crippen LogP contribution in [0.2, 0.25) is 0 Å². The number of carbonyl (C=O) groups is 2. The van der Waals surface area contributed by atoms with Crippen LogP contribution < -0.4 is 10.7 Å². The number of aromatic nitrogens is 1. The van der Waals surface area contributed by atoms with Crippen LogP contribution in [0, 0.1) is 6.92 Å². The molecule has 1 aliphatic carbocycles. The fourth-order valence-electron chi connectivity index (χ4n) is 3.73. The molecule has 11 heteroatoms. The number of hydrogen-bond donors (Lipinski definition) is 2. The van der Waals surface area contributed by atoms with Crippen molar-refractivity contribution < 1.29 is 27.2 Å². The van der Waals surface area contributed by atoms with Crippen molar-refractivity contribution in [3.63, 3.8) is 0 Å². The van der Waals surface area contributed by atoms with Gasteiger partial charge in [-0.25, -0.2) is 5.43 Å². The van der Waals surface area contributed by atoms with E-state index in [-0.39, 0.29) is 11.4 Å². The molecule has 0 fully saturated rings. The lowest BCUT2D eigenvalue weighted by Gasteiger charge is -2.13. The molecule has 0 aliphatic heterocycles. The number of hydrogen-bond acceptors (Lipinski definition) is 5. The van der Waals surface area contributed by atoms with Gasteiger partial charge >= 0.3 is 6.18 Å². The zero-order valence-electron chi connectivity index (χ0n) is 17.8. The van der Waals surface area contributed by atoms with Gasteiger partial charge < -0.3 is 9.73 Å². The Kier molecular flexibility index (Phi) is 6.56. The number of furan rings is 1. The van der Waals surface area contributed by atoms with Crippen molar-refractivity contribution in [2.75, 3.05) is 5.32 Å². The highest BCUT2D eigenvalue weighted by molar-refractivity contribution is 9.10. The zero-order chi connectivity index (χ0) is 24.5. The molecule has 2 heterocycles. The standard InChI is InChI=1S/C23H18BrF3N4O3/c1-12-19-17(30-31-21(32)13-9-14(24)11-28-10-13)7-4-8-18(19)34-20(12)22(33)29-16-6-3-2-5-15(16)23(25,26)27/h2-3,5-6,9-11H,4,7-8H2,1H3,(H,29,33)(H,31,32)/b30-17+. The summed E-state index contributed by atoms with van der Waals surface area (Å²) in [6.45, 7) is 1.63. The number of pyridine rings is 1. The summed E-state index contributed by atoms with van der Waals surface area (Å²) in [6.07, 6.45) is 0.0588. The fourth-order valence-corrected chi connectivity index (χ4v) is 4.10. The first-order valence-corrected chi connectivity index (χ1v) is 11.0. The van der Waals surface area contributed by atoms with Crippen LogP contribution in [0.25, 0.3) is 0 Å². The average molecular weight is 535 g/mol. The predicted octanol–water partition coefficient (Wildman–Crippen LogP) is 5.49. The van der Waals surface area contributed by atoms with E-state index < -0.39 is 23.6 Å². The van der Waals surface area contributed by atoms with Gasteiger partial charge in [-0.05, 0) is 53.9 Å². The van der Waals surface area contributed by atoms with E-state index in [1.807, 2.05) is 0 Å². The Hall–Kier alpha value is -3.47. The Morgan fingerprint density at radius 2 is 1.91 bits per heavy atom. The normalized spacial score (nSPS) is 14.6. The van der Waals surface area contributed by atoms with Crippen molar-refractivity contribution in [3.05, 3.63) is 81.0 Å². The molecule has 34 heavy (non-hydrogen) atoms. The van der Waals surface area contributed by atoms with Gasteiger partial charge in [0.1, 0.15) is 5.76 Å². The maximum absolute atomic E-state index is 13.3. The number of carbonyl (C=O) groups excluding carboxylic acids is 2. The number of amides is 2. The molecule has 3 aromatic rings. The minimum atomic E-state index is -4.62. The van der Waals surface area contributed by atoms with Crippen LogP contribution in [0.15, 0.2) is 56.7 Å². The third-order valence-corrected chi connectivity index (χ3v) is 5.71. The van der Waals surface area contributed by atoms with Crippen LogP contribution in [0.1, 0.15) is 56.2 Å². The third kappa shape index (κ3) is 4.89. The van der Waals surface area contributed by atoms with Crippen molar-refractivity contribution in [1.29, 1.82) is 0 Å². The molecule has 1 aliphatic rings. The quantitative estimate of drug-likeness (QED) is 0.432. The molecule has 0 unspecified atom stereocenters. The largest absolute Gasteiger partial charge is 0.455 e. The van der Waals surface area contributed by atoms with Gasteiger partial charge in [0.2, 0.25) is 0 Å². The van der Waals surface area contributed by atoms with Crippen LogP contribution in [-0.4, -0.2) is 22.5 Å². The number of fused-ring (bicyclic) bond motifs is 1. The first kappa shape index (κ1) is 23.7. The monoisotopic (exact) mass is 534 g/mol. The van der Waals surface area contributed by atoms with Gasteiger partial charge in [-0.15, -0.1) is 0 Å². The predicted molar refractivity (Wildman–Crippen MR) is 122 cm³/mol. The van der Waals surface area contributed by atoms with Crippen LogP contribution >= 0.6 is 15.9 Å². The number of anilines is 1. The van der Waals surface area contributed by atoms with Crippen LogP contribution in [-0.2, 0) is 12.6 Å². The highest BCUT2D eigenvalue weighted by atomic mass is 79.9. The summed E-state index contributed by atoms with van der Waals surface area (Å²) in [4.78, 5) is 29.2. The number of alkyl halides is 3. The summed E-state index contributed by atoms with van der Waals surface area (Å²) in [7, 11) is 0. The van der Waals surface area contributed by atoms with E-state index in [0.29, 0.717) is 51.9 Å². The van der Waals surface area contributed by atoms with Gasteiger partial charge in [-0.3, -0.25) is 14.6 Å². The molecule has 0 saturated heterocycles. The minimum Gasteiger partial charge on any atom is -0.455 e. The van der Waals surface area contributed by atoms with E-state index in [1.54, 1.807) is 19.2 Å². The number of halogens is 4. The van der Waals surface area contributed by atoms with Crippen molar-refractivity contribution >= 4 is 39.1 Å². The van der Waals surface area contributed by atoms with Crippen LogP contribution in [0.3, 0.4) is 0 Å². The second kappa shape index (κ2) is 9.41. The number of para-hydroxylation sites is 1. The molecule has 0 atom stereocenters. The van der Waals surface area contributed by atoms with E-state index in [0.717, 1.165) is 6.07 Å². The van der Waals surface area contributed by atoms with Gasteiger partial charge in [-0.2, -0.15) is 18.3 Å². The van der Waals surface area contributed by atoms with Gasteiger partial charge in [0.25, 0.3) is 11.8 Å². The summed E-state index contributed by atoms with van der Waals surface area (Å²) in [5.74, 6) is -0.863. The molecule has 4 rings (SSSR count). The zero-order valence-corrected chi connectivity index (χ0v) is 19.4. The van der Waals surface area contributed by atoms with Gasteiger partial charge in [0, 0.05) is 34.4 Å². The van der Waals surface area contributed by atoms with Crippen molar-refractivity contribution in [1.82, 2.24) is 10.4 Å². The lowest BCUT2D eigenvalue weighted by Crippen LogP contribution is -2.22. The first-order chi connectivity index (χ1) is 16.1. The van der Waals surface area contributed by atoms with Crippen molar-refractivity contribution in [2.45, 2.75) is 32.4 Å². The second-order valence-corrected chi connectivity index (χ2v) is 8.51. The number of benzene rings is 1. The van der Waals surface area contributed by atoms with Gasteiger partial charge in [-0.1, -0.05) is 12.1 Å². The highest BCUT2D eigenvalue weighted by Gasteiger charge is 2.34. The third-order valence-electron chi connectivity index (χ3n) is 5.27. The summed E-state index contributed by atoms with van der Waals surface area (Å²) in [5.41, 5.74) is 3.01. The topological polar surface area (TPSA) is 96.6 Å². The number of hydrazone groups is 1. The number of aryl methyl sites for hydroxylation is 1. The number of rotatable bonds is 4. The molecule has 2 amide bonds. The Morgan fingerprint density at radius 1 is 1.15 bits per heavy atom. The SMILES string of the molecule is Cc1c(C(=O)Nc2ccccc2C(F)(F)F)oc2c1/C(=N/NC(=O)c1cncc(Br)c1)CCC2. The molecule has 7 nitrogen and oxygen atoms in total. The lowest BCUT2D eigenvalue weighted by atomic mass is 9.93. The Labute approximate surface area is 200 Å². The molecule has 2 aromatic heterocycles. The van der Waals surface area contributed by atoms with E-state index in [4.69, 9.17) is 4.42 Å². The maximum atomic E-state index is 13.3. The molecule has 0 saturated carbocycles. The molecule has 0 radical (unpaired) electrons. The maximum Gasteiger partial charge on any atom is 0.418 e. The van der Waals surface area contributed by atoms with Crippen molar-refractivity contribution in [3.8, 4) is 0 Å². The molecular weight excluding hydrogens is 517 g/mol. The van der Waals surface area contributed by atoms with Crippen LogP contribution in [0.5, 0.6) is 0 Å². The molecule has 0 spiro atoms. The molecular formula is C23H18BrF3N4O3. The molecule has 176 valence electrons. The Balaban J connectivity index is 1.59.